The van der Waals surface area contributed by atoms with E-state index >= 15 is 0 Å². The number of hydrazine groups is 1. The molecule has 4 nitrogen and oxygen atoms in total. The summed E-state index contributed by atoms with van der Waals surface area (Å²) >= 11 is 3.39. The molecule has 0 saturated carbocycles. The van der Waals surface area contributed by atoms with Crippen LogP contribution in [0.5, 0.6) is 0 Å². The molecule has 3 rings (SSSR count). The van der Waals surface area contributed by atoms with Gasteiger partial charge in [-0.3, -0.25) is 9.59 Å². The highest BCUT2D eigenvalue weighted by molar-refractivity contribution is 9.09. The predicted octanol–water partition coefficient (Wildman–Crippen LogP) is 3.51. The maximum Gasteiger partial charge on any atom is 0.275 e. The fraction of sp³-hybridized carbons (Fsp3) is 0.294. The summed E-state index contributed by atoms with van der Waals surface area (Å²) in [7, 11) is 0. The second kappa shape index (κ2) is 6.58. The molecule has 114 valence electrons. The number of hydrogen-bond donors (Lipinski definition) is 1. The van der Waals surface area contributed by atoms with E-state index < -0.39 is 0 Å². The first-order valence-electron chi connectivity index (χ1n) is 7.44. The van der Waals surface area contributed by atoms with Gasteiger partial charge in [0.2, 0.25) is 0 Å². The van der Waals surface area contributed by atoms with E-state index in [9.17, 15) is 9.59 Å². The van der Waals surface area contributed by atoms with Crippen LogP contribution < -0.4 is 5.43 Å². The molecule has 0 bridgehead atoms. The lowest BCUT2D eigenvalue weighted by molar-refractivity contribution is 0.0520. The zero-order chi connectivity index (χ0) is 15.5. The van der Waals surface area contributed by atoms with Crippen molar-refractivity contribution in [3.8, 4) is 0 Å². The molecular formula is C17H17BrN2O2. The van der Waals surface area contributed by atoms with Crippen molar-refractivity contribution in [1.29, 1.82) is 0 Å². The summed E-state index contributed by atoms with van der Waals surface area (Å²) in [6.45, 7) is 0.614. The van der Waals surface area contributed by atoms with E-state index in [2.05, 4.69) is 21.4 Å². The zero-order valence-corrected chi connectivity index (χ0v) is 13.7. The van der Waals surface area contributed by atoms with Crippen LogP contribution >= 0.6 is 15.9 Å². The fourth-order valence-corrected chi connectivity index (χ4v) is 3.16. The second-order valence-corrected chi connectivity index (χ2v) is 6.11. The minimum Gasteiger partial charge on any atom is -0.267 e. The molecule has 1 heterocycles. The molecule has 0 radical (unpaired) electrons. The van der Waals surface area contributed by atoms with E-state index in [0.717, 1.165) is 40.4 Å². The Kier molecular flexibility index (Phi) is 4.55. The highest BCUT2D eigenvalue weighted by Crippen LogP contribution is 2.29. The first-order chi connectivity index (χ1) is 10.7. The van der Waals surface area contributed by atoms with E-state index in [1.807, 2.05) is 24.3 Å². The van der Waals surface area contributed by atoms with Crippen LogP contribution in [0.15, 0.2) is 36.4 Å². The molecule has 1 N–H and O–H groups in total. The molecule has 0 spiro atoms. The molecule has 2 amide bonds. The van der Waals surface area contributed by atoms with Gasteiger partial charge < -0.3 is 0 Å². The second-order valence-electron chi connectivity index (χ2n) is 5.31. The first kappa shape index (κ1) is 15.2. The first-order valence-corrected chi connectivity index (χ1v) is 8.56. The Morgan fingerprint density at radius 1 is 0.909 bits per heavy atom. The largest absolute Gasteiger partial charge is 0.275 e. The van der Waals surface area contributed by atoms with Crippen molar-refractivity contribution >= 4 is 38.5 Å². The van der Waals surface area contributed by atoms with Gasteiger partial charge in [0.15, 0.2) is 0 Å². The van der Waals surface area contributed by atoms with E-state index in [0.29, 0.717) is 17.7 Å². The Hall–Kier alpha value is -1.72. The average molecular weight is 361 g/mol. The number of amides is 2. The average Bonchev–Trinajstić information content (AvgIpc) is 2.55. The van der Waals surface area contributed by atoms with Crippen LogP contribution in [0.2, 0.25) is 0 Å². The Labute approximate surface area is 137 Å². The number of rotatable bonds is 6. The number of benzene rings is 2. The van der Waals surface area contributed by atoms with Gasteiger partial charge >= 0.3 is 0 Å². The van der Waals surface area contributed by atoms with Crippen molar-refractivity contribution < 1.29 is 9.59 Å². The third kappa shape index (κ3) is 2.66. The predicted molar refractivity (Wildman–Crippen MR) is 90.1 cm³/mol. The molecule has 0 fully saturated rings. The normalized spacial score (nSPS) is 14.0. The number of hydrogen-bond acceptors (Lipinski definition) is 3. The van der Waals surface area contributed by atoms with Crippen LogP contribution in [0.3, 0.4) is 0 Å². The monoisotopic (exact) mass is 360 g/mol. The van der Waals surface area contributed by atoms with E-state index in [1.165, 1.54) is 0 Å². The molecule has 0 atom stereocenters. The van der Waals surface area contributed by atoms with Crippen LogP contribution in [0, 0.1) is 0 Å². The fourth-order valence-electron chi connectivity index (χ4n) is 2.76. The van der Waals surface area contributed by atoms with Gasteiger partial charge in [0.1, 0.15) is 0 Å². The summed E-state index contributed by atoms with van der Waals surface area (Å²) in [5.41, 5.74) is 4.15. The van der Waals surface area contributed by atoms with E-state index in [-0.39, 0.29) is 11.8 Å². The standard InChI is InChI=1S/C17H17BrN2O2/c18-10-2-1-3-11-19-20-16(21)13-8-4-6-12-7-5-9-14(15(12)13)17(20)22/h4-9,19H,1-3,10-11H2. The lowest BCUT2D eigenvalue weighted by Crippen LogP contribution is -2.49. The van der Waals surface area contributed by atoms with Crippen molar-refractivity contribution in [2.45, 2.75) is 19.3 Å². The van der Waals surface area contributed by atoms with Gasteiger partial charge in [-0.2, -0.15) is 0 Å². The number of imide groups is 1. The maximum absolute atomic E-state index is 12.6. The molecule has 2 aromatic carbocycles. The number of unbranched alkanes of at least 4 members (excludes halogenated alkanes) is 2. The van der Waals surface area contributed by atoms with Crippen LogP contribution in [-0.4, -0.2) is 28.7 Å². The molecule has 0 saturated heterocycles. The zero-order valence-electron chi connectivity index (χ0n) is 12.1. The van der Waals surface area contributed by atoms with Gasteiger partial charge in [0.05, 0.1) is 11.1 Å². The minimum absolute atomic E-state index is 0.269. The Balaban J connectivity index is 1.85. The van der Waals surface area contributed by atoms with Crippen molar-refractivity contribution in [3.63, 3.8) is 0 Å². The summed E-state index contributed by atoms with van der Waals surface area (Å²) in [5, 5.41) is 3.82. The number of carbonyl (C=O) groups is 2. The summed E-state index contributed by atoms with van der Waals surface area (Å²) in [6, 6.07) is 11.1. The Bertz CT molecular complexity index is 679. The van der Waals surface area contributed by atoms with E-state index in [4.69, 9.17) is 0 Å². The van der Waals surface area contributed by atoms with Crippen LogP contribution in [0.4, 0.5) is 0 Å². The molecular weight excluding hydrogens is 344 g/mol. The molecule has 0 unspecified atom stereocenters. The van der Waals surface area contributed by atoms with Gasteiger partial charge in [-0.25, -0.2) is 10.4 Å². The van der Waals surface area contributed by atoms with Crippen LogP contribution in [-0.2, 0) is 0 Å². The number of carbonyl (C=O) groups excluding carboxylic acids is 2. The number of alkyl halides is 1. The highest BCUT2D eigenvalue weighted by atomic mass is 79.9. The summed E-state index contributed by atoms with van der Waals surface area (Å²) < 4.78 is 0. The van der Waals surface area contributed by atoms with Gasteiger partial charge in [0.25, 0.3) is 11.8 Å². The molecule has 1 aliphatic heterocycles. The lowest BCUT2D eigenvalue weighted by atomic mass is 9.95. The van der Waals surface area contributed by atoms with Crippen molar-refractivity contribution in [2.24, 2.45) is 0 Å². The number of nitrogens with one attached hydrogen (secondary N) is 1. The van der Waals surface area contributed by atoms with E-state index in [1.54, 1.807) is 12.1 Å². The number of halogens is 1. The Morgan fingerprint density at radius 2 is 1.55 bits per heavy atom. The smallest absolute Gasteiger partial charge is 0.267 e. The maximum atomic E-state index is 12.6. The van der Waals surface area contributed by atoms with Gasteiger partial charge in [-0.15, -0.1) is 0 Å². The number of nitrogens with zero attached hydrogens (tertiary/aromatic N) is 1. The molecule has 2 aromatic rings. The lowest BCUT2D eigenvalue weighted by Gasteiger charge is -2.27. The SMILES string of the molecule is O=C1c2cccc3cccc(c23)C(=O)N1NCCCCCBr. The molecule has 22 heavy (non-hydrogen) atoms. The molecule has 0 aromatic heterocycles. The molecule has 1 aliphatic rings. The molecule has 5 heteroatoms. The third-order valence-corrected chi connectivity index (χ3v) is 4.41. The van der Waals surface area contributed by atoms with Crippen molar-refractivity contribution in [3.05, 3.63) is 47.5 Å². The summed E-state index contributed by atoms with van der Waals surface area (Å²) in [4.78, 5) is 25.1. The highest BCUT2D eigenvalue weighted by Gasteiger charge is 2.32. The van der Waals surface area contributed by atoms with Crippen LogP contribution in [0.25, 0.3) is 10.8 Å². The quantitative estimate of drug-likeness (QED) is 0.487. The topological polar surface area (TPSA) is 49.4 Å². The minimum atomic E-state index is -0.269. The van der Waals surface area contributed by atoms with Crippen molar-refractivity contribution in [1.82, 2.24) is 10.4 Å². The van der Waals surface area contributed by atoms with Gasteiger partial charge in [-0.05, 0) is 30.4 Å². The van der Waals surface area contributed by atoms with Gasteiger partial charge in [-0.1, -0.05) is 46.6 Å². The third-order valence-electron chi connectivity index (χ3n) is 3.85. The van der Waals surface area contributed by atoms with Gasteiger partial charge in [0, 0.05) is 17.3 Å². The summed E-state index contributed by atoms with van der Waals surface area (Å²) in [5.74, 6) is -0.537. The van der Waals surface area contributed by atoms with Crippen molar-refractivity contribution in [2.75, 3.05) is 11.9 Å². The van der Waals surface area contributed by atoms with Crippen LogP contribution in [0.1, 0.15) is 40.0 Å². The molecule has 0 aliphatic carbocycles. The summed E-state index contributed by atoms with van der Waals surface area (Å²) in [6.07, 6.45) is 3.07. The Morgan fingerprint density at radius 3 is 2.14 bits per heavy atom.